The molecule has 1 aliphatic heterocycles. The number of likely N-dealkylation sites (N-methyl/N-ethyl adjacent to an activating group) is 1. The molecule has 1 saturated heterocycles. The van der Waals surface area contributed by atoms with E-state index in [1.54, 1.807) is 0 Å². The molecule has 28 heavy (non-hydrogen) atoms. The highest BCUT2D eigenvalue weighted by molar-refractivity contribution is 14.0. The van der Waals surface area contributed by atoms with Gasteiger partial charge in [-0.2, -0.15) is 0 Å². The molecule has 0 radical (unpaired) electrons. The molecule has 5 nitrogen and oxygen atoms in total. The largest absolute Gasteiger partial charge is 0.357 e. The first-order valence-corrected chi connectivity index (χ1v) is 10.8. The van der Waals surface area contributed by atoms with E-state index in [4.69, 9.17) is 4.99 Å². The van der Waals surface area contributed by atoms with Crippen molar-refractivity contribution in [3.8, 4) is 0 Å². The summed E-state index contributed by atoms with van der Waals surface area (Å²) in [6.45, 7) is 15.0. The highest BCUT2D eigenvalue weighted by Gasteiger charge is 2.20. The van der Waals surface area contributed by atoms with E-state index in [1.807, 2.05) is 0 Å². The van der Waals surface area contributed by atoms with Gasteiger partial charge in [-0.05, 0) is 44.8 Å². The van der Waals surface area contributed by atoms with E-state index in [0.29, 0.717) is 6.04 Å². The minimum atomic E-state index is 0. The molecule has 2 rings (SSSR count). The number of nitrogens with one attached hydrogen (secondary N) is 2. The summed E-state index contributed by atoms with van der Waals surface area (Å²) in [7, 11) is 0. The summed E-state index contributed by atoms with van der Waals surface area (Å²) >= 11 is 0. The maximum Gasteiger partial charge on any atom is 0.191 e. The van der Waals surface area contributed by atoms with Crippen LogP contribution < -0.4 is 10.6 Å². The van der Waals surface area contributed by atoms with Gasteiger partial charge in [-0.1, -0.05) is 44.2 Å². The lowest BCUT2D eigenvalue weighted by atomic mass is 10.0. The highest BCUT2D eigenvalue weighted by atomic mass is 127. The van der Waals surface area contributed by atoms with Crippen molar-refractivity contribution in [2.45, 2.75) is 52.6 Å². The Labute approximate surface area is 189 Å². The summed E-state index contributed by atoms with van der Waals surface area (Å²) in [5.41, 5.74) is 1.41. The van der Waals surface area contributed by atoms with Gasteiger partial charge in [0.2, 0.25) is 0 Å². The number of hydrogen-bond donors (Lipinski definition) is 2. The molecule has 0 atom stereocenters. The molecule has 0 saturated carbocycles. The van der Waals surface area contributed by atoms with E-state index in [1.165, 1.54) is 24.8 Å². The molecule has 1 fully saturated rings. The molecule has 0 unspecified atom stereocenters. The molecule has 0 amide bonds. The second-order valence-corrected chi connectivity index (χ2v) is 7.38. The Bertz CT molecular complexity index is 529. The van der Waals surface area contributed by atoms with Crippen LogP contribution in [0.15, 0.2) is 35.3 Å². The molecule has 6 heteroatoms. The number of piperidine rings is 1. The van der Waals surface area contributed by atoms with Crippen LogP contribution in [0.4, 0.5) is 0 Å². The third kappa shape index (κ3) is 9.56. The maximum absolute atomic E-state index is 4.80. The summed E-state index contributed by atoms with van der Waals surface area (Å²) in [4.78, 5) is 9.83. The number of likely N-dealkylation sites (tertiary alicyclic amines) is 1. The summed E-state index contributed by atoms with van der Waals surface area (Å²) in [5, 5.41) is 7.07. The first kappa shape index (κ1) is 25.2. The van der Waals surface area contributed by atoms with Crippen LogP contribution in [-0.4, -0.2) is 67.6 Å². The van der Waals surface area contributed by atoms with Crippen molar-refractivity contribution in [1.82, 2.24) is 20.4 Å². The predicted molar refractivity (Wildman–Crippen MR) is 132 cm³/mol. The molecule has 1 aromatic rings. The van der Waals surface area contributed by atoms with Crippen molar-refractivity contribution in [3.63, 3.8) is 0 Å². The zero-order chi connectivity index (χ0) is 19.3. The fourth-order valence-electron chi connectivity index (χ4n) is 3.64. The van der Waals surface area contributed by atoms with Gasteiger partial charge in [0.15, 0.2) is 5.96 Å². The molecule has 0 aromatic heterocycles. The van der Waals surface area contributed by atoms with Crippen LogP contribution in [0.5, 0.6) is 0 Å². The third-order valence-electron chi connectivity index (χ3n) is 5.19. The maximum atomic E-state index is 4.80. The van der Waals surface area contributed by atoms with Crippen LogP contribution in [0.25, 0.3) is 0 Å². The fourth-order valence-corrected chi connectivity index (χ4v) is 3.64. The Hall–Kier alpha value is -0.860. The Morgan fingerprint density at radius 2 is 1.82 bits per heavy atom. The normalized spacial score (nSPS) is 16.1. The van der Waals surface area contributed by atoms with Gasteiger partial charge in [0.1, 0.15) is 0 Å². The Morgan fingerprint density at radius 3 is 2.43 bits per heavy atom. The van der Waals surface area contributed by atoms with Gasteiger partial charge in [0, 0.05) is 38.8 Å². The molecule has 2 N–H and O–H groups in total. The zero-order valence-corrected chi connectivity index (χ0v) is 20.3. The number of hydrogen-bond acceptors (Lipinski definition) is 3. The number of aliphatic imine (C=N–C) groups is 1. The van der Waals surface area contributed by atoms with Crippen molar-refractivity contribution >= 4 is 29.9 Å². The average molecular weight is 502 g/mol. The van der Waals surface area contributed by atoms with E-state index in [-0.39, 0.29) is 24.0 Å². The van der Waals surface area contributed by atoms with Gasteiger partial charge < -0.3 is 15.5 Å². The first-order valence-electron chi connectivity index (χ1n) is 10.8. The fraction of sp³-hybridized carbons (Fsp3) is 0.682. The topological polar surface area (TPSA) is 42.9 Å². The average Bonchev–Trinajstić information content (AvgIpc) is 2.69. The van der Waals surface area contributed by atoms with Crippen molar-refractivity contribution in [2.75, 3.05) is 45.8 Å². The quantitative estimate of drug-likeness (QED) is 0.293. The standard InChI is InChI=1S/C22H39N5.HI/c1-4-15-26(6-3)18-14-24-22(23-5-2)25-21-12-16-27(17-13-21)19-20-10-8-7-9-11-20;/h7-11,21H,4-6,12-19H2,1-3H3,(H2,23,24,25);1H. The molecule has 0 spiro atoms. The number of halogens is 1. The number of guanidine groups is 1. The predicted octanol–water partition coefficient (Wildman–Crippen LogP) is 3.56. The molecule has 0 bridgehead atoms. The van der Waals surface area contributed by atoms with Gasteiger partial charge >= 0.3 is 0 Å². The lowest BCUT2D eigenvalue weighted by molar-refractivity contribution is 0.198. The molecule has 1 heterocycles. The third-order valence-corrected chi connectivity index (χ3v) is 5.19. The number of rotatable bonds is 10. The van der Waals surface area contributed by atoms with Gasteiger partial charge in [-0.15, -0.1) is 24.0 Å². The minimum Gasteiger partial charge on any atom is -0.357 e. The van der Waals surface area contributed by atoms with Crippen molar-refractivity contribution in [1.29, 1.82) is 0 Å². The summed E-state index contributed by atoms with van der Waals surface area (Å²) in [6, 6.07) is 11.3. The first-order chi connectivity index (χ1) is 13.2. The highest BCUT2D eigenvalue weighted by Crippen LogP contribution is 2.13. The van der Waals surface area contributed by atoms with E-state index >= 15 is 0 Å². The summed E-state index contributed by atoms with van der Waals surface area (Å²) in [5.74, 6) is 0.978. The second kappa shape index (κ2) is 15.0. The van der Waals surface area contributed by atoms with Gasteiger partial charge in [0.05, 0.1) is 6.54 Å². The smallest absolute Gasteiger partial charge is 0.191 e. The van der Waals surface area contributed by atoms with Crippen LogP contribution in [0, 0.1) is 0 Å². The van der Waals surface area contributed by atoms with Crippen molar-refractivity contribution < 1.29 is 0 Å². The lowest BCUT2D eigenvalue weighted by Gasteiger charge is -2.33. The summed E-state index contributed by atoms with van der Waals surface area (Å²) in [6.07, 6.45) is 3.56. The number of nitrogens with zero attached hydrogens (tertiary/aromatic N) is 3. The Morgan fingerprint density at radius 1 is 1.11 bits per heavy atom. The summed E-state index contributed by atoms with van der Waals surface area (Å²) < 4.78 is 0. The van der Waals surface area contributed by atoms with E-state index in [9.17, 15) is 0 Å². The molecular weight excluding hydrogens is 461 g/mol. The second-order valence-electron chi connectivity index (χ2n) is 7.38. The SMILES string of the molecule is CCCN(CC)CCN=C(NCC)NC1CCN(Cc2ccccc2)CC1.I. The van der Waals surface area contributed by atoms with Gasteiger partial charge in [0.25, 0.3) is 0 Å². The van der Waals surface area contributed by atoms with Gasteiger partial charge in [-0.3, -0.25) is 9.89 Å². The van der Waals surface area contributed by atoms with Crippen LogP contribution in [0.2, 0.25) is 0 Å². The van der Waals surface area contributed by atoms with Crippen molar-refractivity contribution in [2.24, 2.45) is 4.99 Å². The Kier molecular flexibility index (Phi) is 13.5. The zero-order valence-electron chi connectivity index (χ0n) is 18.0. The monoisotopic (exact) mass is 501 g/mol. The molecular formula is C22H40IN5. The van der Waals surface area contributed by atoms with Crippen LogP contribution in [0.3, 0.4) is 0 Å². The van der Waals surface area contributed by atoms with E-state index in [2.05, 4.69) is 71.5 Å². The number of benzene rings is 1. The molecule has 0 aliphatic carbocycles. The van der Waals surface area contributed by atoms with E-state index in [0.717, 1.165) is 58.3 Å². The Balaban J connectivity index is 0.00000392. The van der Waals surface area contributed by atoms with Crippen LogP contribution >= 0.6 is 24.0 Å². The van der Waals surface area contributed by atoms with Crippen molar-refractivity contribution in [3.05, 3.63) is 35.9 Å². The molecule has 1 aromatic carbocycles. The minimum absolute atomic E-state index is 0. The van der Waals surface area contributed by atoms with E-state index < -0.39 is 0 Å². The van der Waals surface area contributed by atoms with Gasteiger partial charge in [-0.25, -0.2) is 0 Å². The van der Waals surface area contributed by atoms with Crippen LogP contribution in [0.1, 0.15) is 45.6 Å². The molecule has 160 valence electrons. The molecule has 1 aliphatic rings. The lowest BCUT2D eigenvalue weighted by Crippen LogP contribution is -2.48. The van der Waals surface area contributed by atoms with Crippen LogP contribution in [-0.2, 0) is 6.54 Å².